The first-order valence-electron chi connectivity index (χ1n) is 6.76. The molecule has 1 heterocycles. The van der Waals surface area contributed by atoms with E-state index in [1.54, 1.807) is 0 Å². The molecule has 0 bridgehead atoms. The summed E-state index contributed by atoms with van der Waals surface area (Å²) in [6, 6.07) is 0. The zero-order chi connectivity index (χ0) is 11.8. The van der Waals surface area contributed by atoms with Crippen LogP contribution in [-0.2, 0) is 9.53 Å². The Labute approximate surface area is 98.7 Å². The summed E-state index contributed by atoms with van der Waals surface area (Å²) in [5.41, 5.74) is 0.418. The number of hydrogen-bond acceptors (Lipinski definition) is 2. The summed E-state index contributed by atoms with van der Waals surface area (Å²) in [7, 11) is 0. The molecule has 0 amide bonds. The van der Waals surface area contributed by atoms with Gasteiger partial charge in [0, 0.05) is 5.92 Å². The first-order valence-corrected chi connectivity index (χ1v) is 6.76. The van der Waals surface area contributed by atoms with Crippen LogP contribution in [-0.4, -0.2) is 12.1 Å². The maximum absolute atomic E-state index is 11.5. The molecule has 4 atom stereocenters. The molecule has 0 N–H and O–H groups in total. The summed E-state index contributed by atoms with van der Waals surface area (Å²) in [4.78, 5) is 11.5. The molecule has 2 aliphatic rings. The Bertz CT molecular complexity index is 274. The lowest BCUT2D eigenvalue weighted by atomic mass is 9.66. The second kappa shape index (κ2) is 4.38. The third kappa shape index (κ3) is 2.11. The number of unbranched alkanes of at least 4 members (excludes halogenated alkanes) is 1. The minimum Gasteiger partial charge on any atom is -0.462 e. The summed E-state index contributed by atoms with van der Waals surface area (Å²) in [6.45, 7) is 6.64. The van der Waals surface area contributed by atoms with E-state index in [-0.39, 0.29) is 18.0 Å². The van der Waals surface area contributed by atoms with E-state index in [0.717, 1.165) is 6.42 Å². The number of hydrogen-bond donors (Lipinski definition) is 0. The minimum atomic E-state index is 0.0368. The largest absolute Gasteiger partial charge is 0.462 e. The molecule has 2 unspecified atom stereocenters. The Balaban J connectivity index is 1.98. The van der Waals surface area contributed by atoms with Gasteiger partial charge >= 0.3 is 5.97 Å². The smallest absolute Gasteiger partial charge is 0.309 e. The average molecular weight is 224 g/mol. The lowest BCUT2D eigenvalue weighted by molar-refractivity contribution is -0.145. The molecule has 0 aromatic carbocycles. The molecular weight excluding hydrogens is 200 g/mol. The Morgan fingerprint density at radius 1 is 1.50 bits per heavy atom. The maximum atomic E-state index is 11.5. The molecule has 1 saturated carbocycles. The molecule has 0 spiro atoms. The quantitative estimate of drug-likeness (QED) is 0.685. The standard InChI is InChI=1S/C14H24O2/c1-4-5-7-14(3)8-6-11-10(2)13(15)16-12(11)9-14/h10-12H,4-9H2,1-3H3/t10-,11+,12?,14?/m1/s1. The van der Waals surface area contributed by atoms with E-state index in [9.17, 15) is 4.79 Å². The second-order valence-corrected chi connectivity index (χ2v) is 6.08. The van der Waals surface area contributed by atoms with Crippen molar-refractivity contribution in [3.63, 3.8) is 0 Å². The molecule has 2 rings (SSSR count). The molecule has 2 fully saturated rings. The van der Waals surface area contributed by atoms with Crippen LogP contribution in [0.25, 0.3) is 0 Å². The monoisotopic (exact) mass is 224 g/mol. The predicted molar refractivity (Wildman–Crippen MR) is 64.0 cm³/mol. The van der Waals surface area contributed by atoms with Gasteiger partial charge in [-0.15, -0.1) is 0 Å². The lowest BCUT2D eigenvalue weighted by Crippen LogP contribution is -2.34. The Hall–Kier alpha value is -0.530. The van der Waals surface area contributed by atoms with Gasteiger partial charge in [0.05, 0.1) is 5.92 Å². The van der Waals surface area contributed by atoms with Gasteiger partial charge in [0.25, 0.3) is 0 Å². The lowest BCUT2D eigenvalue weighted by Gasteiger charge is -2.39. The van der Waals surface area contributed by atoms with Crippen molar-refractivity contribution in [2.45, 2.75) is 65.4 Å². The molecule has 2 nitrogen and oxygen atoms in total. The predicted octanol–water partition coefficient (Wildman–Crippen LogP) is 3.54. The fourth-order valence-corrected chi connectivity index (χ4v) is 3.40. The summed E-state index contributed by atoms with van der Waals surface area (Å²) in [6.07, 6.45) is 7.62. The van der Waals surface area contributed by atoms with E-state index in [1.165, 1.54) is 32.1 Å². The van der Waals surface area contributed by atoms with Gasteiger partial charge in [0.15, 0.2) is 0 Å². The van der Waals surface area contributed by atoms with Gasteiger partial charge in [-0.1, -0.05) is 33.6 Å². The molecule has 0 radical (unpaired) electrons. The highest BCUT2D eigenvalue weighted by molar-refractivity contribution is 5.74. The topological polar surface area (TPSA) is 26.3 Å². The van der Waals surface area contributed by atoms with Gasteiger partial charge in [-0.25, -0.2) is 0 Å². The van der Waals surface area contributed by atoms with Gasteiger partial charge < -0.3 is 4.74 Å². The summed E-state index contributed by atoms with van der Waals surface area (Å²) < 4.78 is 5.51. The van der Waals surface area contributed by atoms with Gasteiger partial charge in [0.1, 0.15) is 6.10 Å². The van der Waals surface area contributed by atoms with Crippen molar-refractivity contribution in [1.29, 1.82) is 0 Å². The van der Waals surface area contributed by atoms with Crippen molar-refractivity contribution < 1.29 is 9.53 Å². The van der Waals surface area contributed by atoms with Crippen LogP contribution in [0, 0.1) is 17.3 Å². The van der Waals surface area contributed by atoms with Crippen LogP contribution in [0.1, 0.15) is 59.3 Å². The highest BCUT2D eigenvalue weighted by Gasteiger charge is 2.48. The first-order chi connectivity index (χ1) is 7.56. The van der Waals surface area contributed by atoms with Crippen LogP contribution in [0.3, 0.4) is 0 Å². The van der Waals surface area contributed by atoms with Gasteiger partial charge in [-0.05, 0) is 31.1 Å². The van der Waals surface area contributed by atoms with E-state index in [0.29, 0.717) is 11.3 Å². The molecule has 0 aromatic rings. The highest BCUT2D eigenvalue weighted by Crippen LogP contribution is 2.48. The third-order valence-corrected chi connectivity index (χ3v) is 4.67. The van der Waals surface area contributed by atoms with Gasteiger partial charge in [-0.3, -0.25) is 4.79 Å². The highest BCUT2D eigenvalue weighted by atomic mass is 16.6. The van der Waals surface area contributed by atoms with Crippen LogP contribution >= 0.6 is 0 Å². The molecular formula is C14H24O2. The third-order valence-electron chi connectivity index (χ3n) is 4.67. The SMILES string of the molecule is CCCCC1(C)CC[C@@H]2C(C1)OC(=O)[C@@H]2C. The fraction of sp³-hybridized carbons (Fsp3) is 0.929. The van der Waals surface area contributed by atoms with E-state index in [2.05, 4.69) is 13.8 Å². The van der Waals surface area contributed by atoms with E-state index < -0.39 is 0 Å². The Morgan fingerprint density at radius 3 is 2.94 bits per heavy atom. The second-order valence-electron chi connectivity index (χ2n) is 6.08. The van der Waals surface area contributed by atoms with Crippen molar-refractivity contribution in [2.75, 3.05) is 0 Å². The van der Waals surface area contributed by atoms with E-state index >= 15 is 0 Å². The van der Waals surface area contributed by atoms with Gasteiger partial charge in [0.2, 0.25) is 0 Å². The molecule has 1 aliphatic heterocycles. The molecule has 0 aromatic heterocycles. The number of rotatable bonds is 3. The average Bonchev–Trinajstić information content (AvgIpc) is 2.51. The van der Waals surface area contributed by atoms with Crippen LogP contribution in [0.5, 0.6) is 0 Å². The zero-order valence-electron chi connectivity index (χ0n) is 10.8. The number of ether oxygens (including phenoxy) is 1. The van der Waals surface area contributed by atoms with Crippen LogP contribution in [0.2, 0.25) is 0 Å². The number of carbonyl (C=O) groups is 1. The number of carbonyl (C=O) groups excluding carboxylic acids is 1. The summed E-state index contributed by atoms with van der Waals surface area (Å²) >= 11 is 0. The number of fused-ring (bicyclic) bond motifs is 1. The molecule has 2 heteroatoms. The molecule has 1 aliphatic carbocycles. The van der Waals surface area contributed by atoms with Crippen LogP contribution in [0.15, 0.2) is 0 Å². The van der Waals surface area contributed by atoms with Crippen LogP contribution < -0.4 is 0 Å². The fourth-order valence-electron chi connectivity index (χ4n) is 3.40. The Morgan fingerprint density at radius 2 is 2.25 bits per heavy atom. The van der Waals surface area contributed by atoms with E-state index in [4.69, 9.17) is 4.74 Å². The van der Waals surface area contributed by atoms with Crippen LogP contribution in [0.4, 0.5) is 0 Å². The Kier molecular flexibility index (Phi) is 3.27. The molecule has 92 valence electrons. The van der Waals surface area contributed by atoms with Crippen molar-refractivity contribution in [3.05, 3.63) is 0 Å². The van der Waals surface area contributed by atoms with Crippen molar-refractivity contribution in [2.24, 2.45) is 17.3 Å². The minimum absolute atomic E-state index is 0.0368. The van der Waals surface area contributed by atoms with E-state index in [1.807, 2.05) is 6.92 Å². The summed E-state index contributed by atoms with van der Waals surface area (Å²) in [5.74, 6) is 0.678. The maximum Gasteiger partial charge on any atom is 0.309 e. The summed E-state index contributed by atoms with van der Waals surface area (Å²) in [5, 5.41) is 0. The molecule has 1 saturated heterocycles. The first kappa shape index (κ1) is 11.9. The zero-order valence-corrected chi connectivity index (χ0v) is 10.8. The van der Waals surface area contributed by atoms with Crippen molar-refractivity contribution >= 4 is 5.97 Å². The normalized spacial score (nSPS) is 42.9. The van der Waals surface area contributed by atoms with Crippen molar-refractivity contribution in [3.8, 4) is 0 Å². The van der Waals surface area contributed by atoms with Crippen molar-refractivity contribution in [1.82, 2.24) is 0 Å². The van der Waals surface area contributed by atoms with Gasteiger partial charge in [-0.2, -0.15) is 0 Å². The number of esters is 1. The molecule has 16 heavy (non-hydrogen) atoms.